The van der Waals surface area contributed by atoms with Crippen molar-refractivity contribution in [2.75, 3.05) is 19.7 Å². The first-order valence-electron chi connectivity index (χ1n) is 8.75. The highest BCUT2D eigenvalue weighted by Crippen LogP contribution is 2.24. The fourth-order valence-corrected chi connectivity index (χ4v) is 3.09. The molecule has 0 saturated heterocycles. The summed E-state index contributed by atoms with van der Waals surface area (Å²) in [6.45, 7) is 4.66. The second-order valence-electron chi connectivity index (χ2n) is 6.16. The number of carbonyl (C=O) groups excluding carboxylic acids is 2. The molecule has 0 bridgehead atoms. The highest BCUT2D eigenvalue weighted by molar-refractivity contribution is 5.93. The van der Waals surface area contributed by atoms with Crippen molar-refractivity contribution < 1.29 is 14.3 Å². The van der Waals surface area contributed by atoms with Gasteiger partial charge in [-0.15, -0.1) is 0 Å². The maximum absolute atomic E-state index is 12.1. The van der Waals surface area contributed by atoms with E-state index in [1.165, 1.54) is 16.3 Å². The van der Waals surface area contributed by atoms with E-state index in [9.17, 15) is 9.59 Å². The molecular formula is C20H23N3O3. The van der Waals surface area contributed by atoms with E-state index in [1.54, 1.807) is 6.92 Å². The van der Waals surface area contributed by atoms with Gasteiger partial charge in [-0.2, -0.15) is 0 Å². The summed E-state index contributed by atoms with van der Waals surface area (Å²) in [5.74, 6) is -0.408. The molecule has 2 aromatic carbocycles. The number of urea groups is 1. The Hall–Kier alpha value is -2.86. The predicted molar refractivity (Wildman–Crippen MR) is 101 cm³/mol. The molecule has 1 aliphatic heterocycles. The largest absolute Gasteiger partial charge is 0.463 e. The quantitative estimate of drug-likeness (QED) is 0.698. The average Bonchev–Trinajstić information content (AvgIpc) is 2.66. The molecule has 0 fully saturated rings. The third-order valence-corrected chi connectivity index (χ3v) is 4.45. The number of amides is 2. The highest BCUT2D eigenvalue weighted by atomic mass is 16.5. The van der Waals surface area contributed by atoms with Crippen LogP contribution in [0.25, 0.3) is 10.8 Å². The van der Waals surface area contributed by atoms with Crippen LogP contribution in [0.4, 0.5) is 4.79 Å². The Balaban J connectivity index is 1.79. The SMILES string of the molecule is CCOC(=O)C1=C(CN[C@H](C)c2cccc3ccccc23)NC(=O)NC1. The number of nitrogens with one attached hydrogen (secondary N) is 3. The fourth-order valence-electron chi connectivity index (χ4n) is 3.09. The van der Waals surface area contributed by atoms with Crippen LogP contribution in [-0.2, 0) is 9.53 Å². The minimum Gasteiger partial charge on any atom is -0.463 e. The van der Waals surface area contributed by atoms with Gasteiger partial charge in [-0.1, -0.05) is 42.5 Å². The van der Waals surface area contributed by atoms with Gasteiger partial charge >= 0.3 is 12.0 Å². The Bertz CT molecular complexity index is 855. The lowest BCUT2D eigenvalue weighted by Crippen LogP contribution is -2.46. The summed E-state index contributed by atoms with van der Waals surface area (Å²) in [5.41, 5.74) is 2.17. The van der Waals surface area contributed by atoms with Crippen LogP contribution in [0.2, 0.25) is 0 Å². The lowest BCUT2D eigenvalue weighted by molar-refractivity contribution is -0.138. The van der Waals surface area contributed by atoms with Crippen molar-refractivity contribution in [3.05, 3.63) is 59.3 Å². The van der Waals surface area contributed by atoms with Crippen molar-refractivity contribution in [3.63, 3.8) is 0 Å². The summed E-state index contributed by atoms with van der Waals surface area (Å²) < 4.78 is 5.08. The fraction of sp³-hybridized carbons (Fsp3) is 0.300. The van der Waals surface area contributed by atoms with E-state index in [0.717, 1.165) is 0 Å². The summed E-state index contributed by atoms with van der Waals surface area (Å²) in [5, 5.41) is 11.1. The first-order valence-corrected chi connectivity index (χ1v) is 8.75. The second kappa shape index (κ2) is 8.01. The van der Waals surface area contributed by atoms with E-state index in [-0.39, 0.29) is 18.6 Å². The number of rotatable bonds is 6. The standard InChI is InChI=1S/C20H23N3O3/c1-3-26-19(24)17-11-22-20(25)23-18(17)12-21-13(2)15-10-6-8-14-7-4-5-9-16(14)15/h4-10,13,21H,3,11-12H2,1-2H3,(H2,22,23,25)/t13-/m1/s1. The number of hydrogen-bond acceptors (Lipinski definition) is 4. The molecule has 6 heteroatoms. The predicted octanol–water partition coefficient (Wildman–Crippen LogP) is 2.62. The molecule has 1 heterocycles. The molecule has 26 heavy (non-hydrogen) atoms. The lowest BCUT2D eigenvalue weighted by Gasteiger charge is -2.23. The zero-order valence-corrected chi connectivity index (χ0v) is 15.0. The Kier molecular flexibility index (Phi) is 5.53. The molecule has 0 spiro atoms. The molecule has 0 radical (unpaired) electrons. The third-order valence-electron chi connectivity index (χ3n) is 4.45. The average molecular weight is 353 g/mol. The molecule has 3 N–H and O–H groups in total. The Morgan fingerprint density at radius 2 is 2.00 bits per heavy atom. The van der Waals surface area contributed by atoms with E-state index in [0.29, 0.717) is 24.4 Å². The maximum Gasteiger partial charge on any atom is 0.337 e. The van der Waals surface area contributed by atoms with Crippen molar-refractivity contribution in [2.45, 2.75) is 19.9 Å². The number of carbonyl (C=O) groups is 2. The summed E-state index contributed by atoms with van der Waals surface area (Å²) in [6.07, 6.45) is 0. The van der Waals surface area contributed by atoms with Gasteiger partial charge in [-0.3, -0.25) is 0 Å². The summed E-state index contributed by atoms with van der Waals surface area (Å²) in [6, 6.07) is 14.2. The topological polar surface area (TPSA) is 79.5 Å². The number of fused-ring (bicyclic) bond motifs is 1. The van der Waals surface area contributed by atoms with Gasteiger partial charge in [0.05, 0.1) is 18.7 Å². The Morgan fingerprint density at radius 1 is 1.23 bits per heavy atom. The van der Waals surface area contributed by atoms with Crippen molar-refractivity contribution in [2.24, 2.45) is 0 Å². The molecular weight excluding hydrogens is 330 g/mol. The molecule has 2 aromatic rings. The van der Waals surface area contributed by atoms with Crippen molar-refractivity contribution >= 4 is 22.8 Å². The van der Waals surface area contributed by atoms with E-state index in [1.807, 2.05) is 18.2 Å². The van der Waals surface area contributed by atoms with Gasteiger partial charge in [0, 0.05) is 18.3 Å². The van der Waals surface area contributed by atoms with E-state index in [4.69, 9.17) is 4.74 Å². The van der Waals surface area contributed by atoms with Crippen LogP contribution in [-0.4, -0.2) is 31.7 Å². The minimum atomic E-state index is -0.408. The number of ether oxygens (including phenoxy) is 1. The highest BCUT2D eigenvalue weighted by Gasteiger charge is 2.23. The molecule has 0 saturated carbocycles. The van der Waals surface area contributed by atoms with Gasteiger partial charge in [0.1, 0.15) is 0 Å². The molecule has 136 valence electrons. The smallest absolute Gasteiger partial charge is 0.337 e. The summed E-state index contributed by atoms with van der Waals surface area (Å²) in [4.78, 5) is 23.8. The van der Waals surface area contributed by atoms with Crippen LogP contribution in [0.5, 0.6) is 0 Å². The van der Waals surface area contributed by atoms with Crippen LogP contribution in [0.15, 0.2) is 53.7 Å². The minimum absolute atomic E-state index is 0.0452. The van der Waals surface area contributed by atoms with Crippen LogP contribution >= 0.6 is 0 Å². The Morgan fingerprint density at radius 3 is 2.81 bits per heavy atom. The van der Waals surface area contributed by atoms with Crippen molar-refractivity contribution in [1.82, 2.24) is 16.0 Å². The lowest BCUT2D eigenvalue weighted by atomic mass is 9.99. The van der Waals surface area contributed by atoms with Crippen LogP contribution < -0.4 is 16.0 Å². The van der Waals surface area contributed by atoms with Crippen molar-refractivity contribution in [1.29, 1.82) is 0 Å². The number of benzene rings is 2. The number of esters is 1. The van der Waals surface area contributed by atoms with Crippen LogP contribution in [0.3, 0.4) is 0 Å². The summed E-state index contributed by atoms with van der Waals surface area (Å²) >= 11 is 0. The molecule has 3 rings (SSSR count). The third kappa shape index (κ3) is 3.86. The summed E-state index contributed by atoms with van der Waals surface area (Å²) in [7, 11) is 0. The molecule has 6 nitrogen and oxygen atoms in total. The monoisotopic (exact) mass is 353 g/mol. The molecule has 0 aromatic heterocycles. The maximum atomic E-state index is 12.1. The first kappa shape index (κ1) is 17.9. The van der Waals surface area contributed by atoms with Gasteiger partial charge in [0.25, 0.3) is 0 Å². The second-order valence-corrected chi connectivity index (χ2v) is 6.16. The number of hydrogen-bond donors (Lipinski definition) is 3. The molecule has 0 unspecified atom stereocenters. The molecule has 0 aliphatic carbocycles. The van der Waals surface area contributed by atoms with Crippen LogP contribution in [0.1, 0.15) is 25.5 Å². The van der Waals surface area contributed by atoms with Gasteiger partial charge in [-0.25, -0.2) is 9.59 Å². The normalized spacial score (nSPS) is 15.4. The van der Waals surface area contributed by atoms with E-state index >= 15 is 0 Å². The van der Waals surface area contributed by atoms with Gasteiger partial charge in [-0.05, 0) is 30.2 Å². The van der Waals surface area contributed by atoms with Gasteiger partial charge < -0.3 is 20.7 Å². The van der Waals surface area contributed by atoms with E-state index < -0.39 is 5.97 Å². The molecule has 1 aliphatic rings. The van der Waals surface area contributed by atoms with Crippen molar-refractivity contribution in [3.8, 4) is 0 Å². The molecule has 2 amide bonds. The molecule has 1 atom stereocenters. The zero-order chi connectivity index (χ0) is 18.5. The zero-order valence-electron chi connectivity index (χ0n) is 15.0. The van der Waals surface area contributed by atoms with Gasteiger partial charge in [0.2, 0.25) is 0 Å². The first-order chi connectivity index (χ1) is 12.6. The van der Waals surface area contributed by atoms with Crippen LogP contribution in [0, 0.1) is 0 Å². The Labute approximate surface area is 152 Å². The van der Waals surface area contributed by atoms with E-state index in [2.05, 4.69) is 47.1 Å². The van der Waals surface area contributed by atoms with Gasteiger partial charge in [0.15, 0.2) is 0 Å².